The lowest BCUT2D eigenvalue weighted by atomic mass is 9.97. The van der Waals surface area contributed by atoms with E-state index in [1.807, 2.05) is 95.9 Å². The van der Waals surface area contributed by atoms with Gasteiger partial charge in [-0.3, -0.25) is 0 Å². The van der Waals surface area contributed by atoms with E-state index in [0.29, 0.717) is 22.5 Å². The van der Waals surface area contributed by atoms with Crippen LogP contribution < -0.4 is 4.90 Å². The Morgan fingerprint density at radius 1 is 0.426 bits per heavy atom. The standard InChI is InChI=1S/C58H38N2O/c1-4-15-39(16-5-1)40-29-31-41(32-30-40)42-33-36-46(37-34-42)59(44-18-6-2-7-19-44)53-28-12-17-43-35-38-54-56(55(43)53)51-26-14-25-50(58(51)61-54)49-24-13-23-48-47-22-10-11-27-52(47)60(57(48)49)45-20-8-3-9-21-45/h1-38H/i1D,4D,5D,15D,16D,29D,30D,31D,32D,33D,34D,36D. The fraction of sp³-hybridized carbons (Fsp3) is 0. The maximum Gasteiger partial charge on any atom is 0.143 e. The summed E-state index contributed by atoms with van der Waals surface area (Å²) < 4.78 is 116. The van der Waals surface area contributed by atoms with Crippen molar-refractivity contribution in [1.29, 1.82) is 0 Å². The van der Waals surface area contributed by atoms with Gasteiger partial charge in [-0.1, -0.05) is 176 Å². The summed E-state index contributed by atoms with van der Waals surface area (Å²) in [5, 5.41) is 5.51. The number of aromatic nitrogens is 1. The lowest BCUT2D eigenvalue weighted by molar-refractivity contribution is 0.670. The van der Waals surface area contributed by atoms with E-state index < -0.39 is 77.1 Å². The zero-order valence-electron chi connectivity index (χ0n) is 44.3. The first-order valence-corrected chi connectivity index (χ1v) is 19.9. The second-order valence-electron chi connectivity index (χ2n) is 14.7. The molecule has 0 radical (unpaired) electrons. The SMILES string of the molecule is [2H]c1cc(N(c2ccccc2)c2cccc3ccc4oc5c(-c6cccc7c8ccccc8n(-c8ccccc8)c67)cccc5c4c23)c([2H])c([2H])c1-c1c([2H])c([2H])c(-c2c([2H])c([2H])c([2H])c([2H])c2[2H])c([2H])c1[2H]. The van der Waals surface area contributed by atoms with Crippen molar-refractivity contribution in [3.8, 4) is 39.1 Å². The highest BCUT2D eigenvalue weighted by molar-refractivity contribution is 6.25. The van der Waals surface area contributed by atoms with E-state index in [1.54, 1.807) is 0 Å². The van der Waals surface area contributed by atoms with Crippen molar-refractivity contribution < 1.29 is 20.9 Å². The molecule has 12 rings (SSSR count). The molecule has 12 aromatic rings. The Balaban J connectivity index is 1.07. The Morgan fingerprint density at radius 2 is 1.07 bits per heavy atom. The van der Waals surface area contributed by atoms with Crippen LogP contribution in [-0.2, 0) is 0 Å². The van der Waals surface area contributed by atoms with Gasteiger partial charge in [-0.25, -0.2) is 0 Å². The summed E-state index contributed by atoms with van der Waals surface area (Å²) in [5.41, 5.74) is 5.86. The summed E-state index contributed by atoms with van der Waals surface area (Å²) in [4.78, 5) is 1.81. The third-order valence-electron chi connectivity index (χ3n) is 11.3. The molecule has 0 atom stereocenters. The summed E-state index contributed by atoms with van der Waals surface area (Å²) in [5.74, 6) is 0. The minimum atomic E-state index is -0.722. The molecule has 3 nitrogen and oxygen atoms in total. The van der Waals surface area contributed by atoms with Crippen LogP contribution in [0.3, 0.4) is 0 Å². The molecule has 0 aliphatic rings. The molecule has 10 aromatic carbocycles. The molecule has 0 aliphatic carbocycles. The van der Waals surface area contributed by atoms with Crippen LogP contribution in [0.15, 0.2) is 235 Å². The molecule has 0 aliphatic heterocycles. The van der Waals surface area contributed by atoms with Crippen molar-refractivity contribution in [3.05, 3.63) is 230 Å². The van der Waals surface area contributed by atoms with Gasteiger partial charge in [0.15, 0.2) is 0 Å². The molecular weight excluding hydrogens is 741 g/mol. The summed E-state index contributed by atoms with van der Waals surface area (Å²) in [6.07, 6.45) is 0. The predicted molar refractivity (Wildman–Crippen MR) is 257 cm³/mol. The van der Waals surface area contributed by atoms with Crippen LogP contribution in [0.4, 0.5) is 17.1 Å². The van der Waals surface area contributed by atoms with Crippen LogP contribution in [-0.4, -0.2) is 4.57 Å². The van der Waals surface area contributed by atoms with E-state index in [1.165, 1.54) is 6.07 Å². The highest BCUT2D eigenvalue weighted by atomic mass is 16.3. The Morgan fingerprint density at radius 3 is 1.87 bits per heavy atom. The van der Waals surface area contributed by atoms with E-state index in [2.05, 4.69) is 65.2 Å². The van der Waals surface area contributed by atoms with Gasteiger partial charge in [-0.05, 0) is 82.2 Å². The van der Waals surface area contributed by atoms with Gasteiger partial charge in [0.1, 0.15) is 11.2 Å². The summed E-state index contributed by atoms with van der Waals surface area (Å²) in [6, 6.07) is 44.0. The van der Waals surface area contributed by atoms with E-state index in [9.17, 15) is 4.11 Å². The monoisotopic (exact) mass is 790 g/mol. The smallest absolute Gasteiger partial charge is 0.143 e. The van der Waals surface area contributed by atoms with E-state index >= 15 is 0 Å². The van der Waals surface area contributed by atoms with Crippen LogP contribution in [0.2, 0.25) is 0 Å². The maximum absolute atomic E-state index is 9.68. The number of fused-ring (bicyclic) bond motifs is 8. The van der Waals surface area contributed by atoms with Gasteiger partial charge in [0.05, 0.1) is 33.2 Å². The fourth-order valence-corrected chi connectivity index (χ4v) is 8.64. The highest BCUT2D eigenvalue weighted by Gasteiger charge is 2.23. The summed E-state index contributed by atoms with van der Waals surface area (Å²) >= 11 is 0. The average molecular weight is 791 g/mol. The van der Waals surface area contributed by atoms with Gasteiger partial charge in [0.25, 0.3) is 0 Å². The van der Waals surface area contributed by atoms with Crippen molar-refractivity contribution in [2.45, 2.75) is 0 Å². The molecule has 0 N–H and O–H groups in total. The lowest BCUT2D eigenvalue weighted by Crippen LogP contribution is -2.10. The Hall–Kier alpha value is -8.14. The summed E-state index contributed by atoms with van der Waals surface area (Å²) in [6.45, 7) is 0. The van der Waals surface area contributed by atoms with E-state index in [-0.39, 0.29) is 23.3 Å². The van der Waals surface area contributed by atoms with Crippen molar-refractivity contribution in [2.24, 2.45) is 0 Å². The molecule has 0 fully saturated rings. The molecule has 0 saturated carbocycles. The van der Waals surface area contributed by atoms with Crippen LogP contribution in [0.5, 0.6) is 0 Å². The number of furan rings is 1. The number of hydrogen-bond donors (Lipinski definition) is 0. The topological polar surface area (TPSA) is 21.3 Å². The van der Waals surface area contributed by atoms with Crippen LogP contribution >= 0.6 is 0 Å². The van der Waals surface area contributed by atoms with Crippen molar-refractivity contribution in [3.63, 3.8) is 0 Å². The van der Waals surface area contributed by atoms with Gasteiger partial charge in [-0.2, -0.15) is 0 Å². The number of rotatable bonds is 7. The van der Waals surface area contributed by atoms with Gasteiger partial charge >= 0.3 is 0 Å². The average Bonchev–Trinajstić information content (AvgIpc) is 3.97. The quantitative estimate of drug-likeness (QED) is 0.160. The minimum absolute atomic E-state index is 0.134. The largest absolute Gasteiger partial charge is 0.455 e. The van der Waals surface area contributed by atoms with Gasteiger partial charge in [-0.15, -0.1) is 0 Å². The van der Waals surface area contributed by atoms with Crippen LogP contribution in [0.1, 0.15) is 16.4 Å². The van der Waals surface area contributed by atoms with Gasteiger partial charge in [0.2, 0.25) is 0 Å². The molecule has 0 spiro atoms. The first-order valence-electron chi connectivity index (χ1n) is 25.9. The lowest BCUT2D eigenvalue weighted by Gasteiger charge is -2.27. The second-order valence-corrected chi connectivity index (χ2v) is 14.7. The first-order chi connectivity index (χ1) is 35.3. The van der Waals surface area contributed by atoms with E-state index in [4.69, 9.17) is 16.8 Å². The molecule has 0 bridgehead atoms. The third-order valence-corrected chi connectivity index (χ3v) is 11.3. The Bertz CT molecular complexity index is 4250. The molecule has 3 heteroatoms. The predicted octanol–water partition coefficient (Wildman–Crippen LogP) is 16.3. The van der Waals surface area contributed by atoms with E-state index in [0.717, 1.165) is 60.2 Å². The number of hydrogen-bond acceptors (Lipinski definition) is 2. The number of anilines is 3. The molecule has 0 saturated heterocycles. The first kappa shape index (κ1) is 24.7. The fourth-order valence-electron chi connectivity index (χ4n) is 8.64. The summed E-state index contributed by atoms with van der Waals surface area (Å²) in [7, 11) is 0. The van der Waals surface area contributed by atoms with Crippen molar-refractivity contribution in [2.75, 3.05) is 4.90 Å². The normalized spacial score (nSPS) is 14.4. The molecular formula is C58H38N2O. The zero-order valence-corrected chi connectivity index (χ0v) is 32.3. The molecule has 286 valence electrons. The van der Waals surface area contributed by atoms with Crippen LogP contribution in [0.25, 0.3) is 93.6 Å². The molecule has 61 heavy (non-hydrogen) atoms. The maximum atomic E-state index is 9.68. The molecule has 0 amide bonds. The molecule has 0 unspecified atom stereocenters. The third kappa shape index (κ3) is 5.74. The Kier molecular flexibility index (Phi) is 5.79. The van der Waals surface area contributed by atoms with Crippen LogP contribution in [0, 0.1) is 0 Å². The Labute approximate surface area is 370 Å². The van der Waals surface area contributed by atoms with Gasteiger partial charge in [0, 0.05) is 55.1 Å². The second kappa shape index (κ2) is 14.3. The highest BCUT2D eigenvalue weighted by Crippen LogP contribution is 2.47. The minimum Gasteiger partial charge on any atom is -0.455 e. The molecule has 2 heterocycles. The van der Waals surface area contributed by atoms with Crippen molar-refractivity contribution >= 4 is 71.6 Å². The number of nitrogens with zero attached hydrogens (tertiary/aromatic N) is 2. The number of para-hydroxylation sites is 5. The zero-order chi connectivity index (χ0) is 50.7. The van der Waals surface area contributed by atoms with Crippen molar-refractivity contribution in [1.82, 2.24) is 4.57 Å². The van der Waals surface area contributed by atoms with Gasteiger partial charge < -0.3 is 13.9 Å². The number of benzene rings is 10. The molecule has 2 aromatic heterocycles.